The number of carbonyl (C=O) groups excluding carboxylic acids is 1. The summed E-state index contributed by atoms with van der Waals surface area (Å²) in [7, 11) is 0. The number of halogens is 1. The zero-order chi connectivity index (χ0) is 12.8. The Kier molecular flexibility index (Phi) is 5.02. The molecular weight excluding hydrogens is 252 g/mol. The highest BCUT2D eigenvalue weighted by atomic mass is 35.5. The third-order valence-electron chi connectivity index (χ3n) is 2.98. The lowest BCUT2D eigenvalue weighted by Gasteiger charge is -2.09. The van der Waals surface area contributed by atoms with Gasteiger partial charge in [-0.1, -0.05) is 11.6 Å². The number of Topliss-reactive ketones (excluding diaryl/α,β-unsaturated/α-hetero) is 1. The van der Waals surface area contributed by atoms with Gasteiger partial charge in [-0.2, -0.15) is 0 Å². The van der Waals surface area contributed by atoms with Gasteiger partial charge in [-0.15, -0.1) is 0 Å². The first-order chi connectivity index (χ1) is 8.74. The van der Waals surface area contributed by atoms with Gasteiger partial charge in [-0.05, 0) is 43.5 Å². The van der Waals surface area contributed by atoms with Gasteiger partial charge in [0.2, 0.25) is 0 Å². The molecule has 18 heavy (non-hydrogen) atoms. The van der Waals surface area contributed by atoms with Crippen molar-refractivity contribution in [2.75, 3.05) is 13.2 Å². The Labute approximate surface area is 112 Å². The van der Waals surface area contributed by atoms with Crippen LogP contribution in [0.25, 0.3) is 0 Å². The second kappa shape index (κ2) is 6.76. The van der Waals surface area contributed by atoms with Gasteiger partial charge < -0.3 is 9.47 Å². The lowest BCUT2D eigenvalue weighted by atomic mass is 10.1. The largest absolute Gasteiger partial charge is 0.486 e. The first-order valence-electron chi connectivity index (χ1n) is 6.26. The molecule has 0 bridgehead atoms. The van der Waals surface area contributed by atoms with Crippen molar-refractivity contribution in [3.8, 4) is 5.75 Å². The molecule has 1 saturated heterocycles. The van der Waals surface area contributed by atoms with E-state index in [4.69, 9.17) is 21.1 Å². The molecule has 0 saturated carbocycles. The Morgan fingerprint density at radius 1 is 1.39 bits per heavy atom. The van der Waals surface area contributed by atoms with E-state index in [1.165, 1.54) is 0 Å². The summed E-state index contributed by atoms with van der Waals surface area (Å²) in [4.78, 5) is 11.6. The molecule has 1 heterocycles. The van der Waals surface area contributed by atoms with Gasteiger partial charge in [0.05, 0.1) is 6.10 Å². The Morgan fingerprint density at radius 3 is 2.83 bits per heavy atom. The molecule has 1 aliphatic heterocycles. The number of ether oxygens (including phenoxy) is 2. The van der Waals surface area contributed by atoms with Crippen LogP contribution < -0.4 is 4.74 Å². The van der Waals surface area contributed by atoms with E-state index in [1.807, 2.05) is 0 Å². The minimum absolute atomic E-state index is 0.112. The van der Waals surface area contributed by atoms with Crippen LogP contribution in [-0.2, 0) is 9.53 Å². The van der Waals surface area contributed by atoms with E-state index < -0.39 is 0 Å². The molecular formula is C14H17ClO3. The average Bonchev–Trinajstić information content (AvgIpc) is 2.89. The molecule has 0 aromatic heterocycles. The van der Waals surface area contributed by atoms with Crippen LogP contribution in [0.2, 0.25) is 5.02 Å². The quantitative estimate of drug-likeness (QED) is 0.794. The molecule has 0 amide bonds. The van der Waals surface area contributed by atoms with Crippen LogP contribution in [0.5, 0.6) is 5.75 Å². The maximum atomic E-state index is 11.6. The third-order valence-corrected chi connectivity index (χ3v) is 3.23. The van der Waals surface area contributed by atoms with Gasteiger partial charge in [0.15, 0.2) is 5.78 Å². The Morgan fingerprint density at radius 2 is 2.17 bits per heavy atom. The van der Waals surface area contributed by atoms with Gasteiger partial charge >= 0.3 is 0 Å². The maximum absolute atomic E-state index is 11.6. The summed E-state index contributed by atoms with van der Waals surface area (Å²) in [5.41, 5.74) is 0. The van der Waals surface area contributed by atoms with Crippen molar-refractivity contribution < 1.29 is 14.3 Å². The maximum Gasteiger partial charge on any atom is 0.170 e. The lowest BCUT2D eigenvalue weighted by Crippen LogP contribution is -2.14. The molecule has 0 N–H and O–H groups in total. The standard InChI is InChI=1S/C14H17ClO3/c15-11-3-6-14(7-4-11)18-10-12(16)5-8-13-2-1-9-17-13/h3-4,6-7,13H,1-2,5,8-10H2. The molecule has 1 unspecified atom stereocenters. The molecule has 1 aromatic carbocycles. The SMILES string of the molecule is O=C(CCC1CCCO1)COc1ccc(Cl)cc1. The molecule has 4 heteroatoms. The van der Waals surface area contributed by atoms with E-state index in [0.717, 1.165) is 25.9 Å². The van der Waals surface area contributed by atoms with E-state index >= 15 is 0 Å². The summed E-state index contributed by atoms with van der Waals surface area (Å²) < 4.78 is 10.9. The van der Waals surface area contributed by atoms with Crippen LogP contribution >= 0.6 is 11.6 Å². The van der Waals surface area contributed by atoms with E-state index in [-0.39, 0.29) is 18.5 Å². The zero-order valence-corrected chi connectivity index (χ0v) is 11.0. The zero-order valence-electron chi connectivity index (χ0n) is 10.2. The van der Waals surface area contributed by atoms with Gasteiger partial charge in [-0.3, -0.25) is 4.79 Å². The molecule has 1 fully saturated rings. The normalized spacial score (nSPS) is 18.8. The molecule has 1 aliphatic rings. The number of carbonyl (C=O) groups is 1. The highest BCUT2D eigenvalue weighted by molar-refractivity contribution is 6.30. The molecule has 0 spiro atoms. The van der Waals surface area contributed by atoms with Crippen LogP contribution in [0, 0.1) is 0 Å². The molecule has 3 nitrogen and oxygen atoms in total. The Balaban J connectivity index is 1.66. The van der Waals surface area contributed by atoms with Gasteiger partial charge in [0.25, 0.3) is 0 Å². The highest BCUT2D eigenvalue weighted by Crippen LogP contribution is 2.18. The van der Waals surface area contributed by atoms with Gasteiger partial charge in [0, 0.05) is 18.1 Å². The number of benzene rings is 1. The summed E-state index contributed by atoms with van der Waals surface area (Å²) in [5.74, 6) is 0.783. The van der Waals surface area contributed by atoms with Crippen molar-refractivity contribution in [1.82, 2.24) is 0 Å². The van der Waals surface area contributed by atoms with Crippen molar-refractivity contribution in [1.29, 1.82) is 0 Å². The van der Waals surface area contributed by atoms with Crippen LogP contribution in [0.15, 0.2) is 24.3 Å². The average molecular weight is 269 g/mol. The van der Waals surface area contributed by atoms with Gasteiger partial charge in [-0.25, -0.2) is 0 Å². The van der Waals surface area contributed by atoms with Crippen LogP contribution in [-0.4, -0.2) is 25.1 Å². The number of hydrogen-bond acceptors (Lipinski definition) is 3. The van der Waals surface area contributed by atoms with Crippen molar-refractivity contribution >= 4 is 17.4 Å². The van der Waals surface area contributed by atoms with E-state index in [0.29, 0.717) is 17.2 Å². The predicted octanol–water partition coefficient (Wildman–Crippen LogP) is 3.25. The fourth-order valence-corrected chi connectivity index (χ4v) is 2.09. The number of hydrogen-bond donors (Lipinski definition) is 0. The number of rotatable bonds is 6. The van der Waals surface area contributed by atoms with Crippen molar-refractivity contribution in [2.24, 2.45) is 0 Å². The minimum Gasteiger partial charge on any atom is -0.486 e. The summed E-state index contributed by atoms with van der Waals surface area (Å²) in [6.07, 6.45) is 3.79. The summed E-state index contributed by atoms with van der Waals surface area (Å²) >= 11 is 5.76. The summed E-state index contributed by atoms with van der Waals surface area (Å²) in [5, 5.41) is 0.659. The Hall–Kier alpha value is -1.06. The highest BCUT2D eigenvalue weighted by Gasteiger charge is 2.16. The molecule has 1 atom stereocenters. The first kappa shape index (κ1) is 13.4. The smallest absolute Gasteiger partial charge is 0.170 e. The lowest BCUT2D eigenvalue weighted by molar-refractivity contribution is -0.121. The molecule has 0 radical (unpaired) electrons. The molecule has 98 valence electrons. The first-order valence-corrected chi connectivity index (χ1v) is 6.63. The van der Waals surface area contributed by atoms with Crippen LogP contribution in [0.3, 0.4) is 0 Å². The molecule has 1 aromatic rings. The van der Waals surface area contributed by atoms with Crippen molar-refractivity contribution in [2.45, 2.75) is 31.8 Å². The minimum atomic E-state index is 0.112. The fourth-order valence-electron chi connectivity index (χ4n) is 1.96. The van der Waals surface area contributed by atoms with E-state index in [9.17, 15) is 4.79 Å². The van der Waals surface area contributed by atoms with Gasteiger partial charge in [0.1, 0.15) is 12.4 Å². The van der Waals surface area contributed by atoms with Crippen LogP contribution in [0.4, 0.5) is 0 Å². The van der Waals surface area contributed by atoms with E-state index in [2.05, 4.69) is 0 Å². The Bertz CT molecular complexity index is 383. The summed E-state index contributed by atoms with van der Waals surface area (Å²) in [6, 6.07) is 7.01. The monoisotopic (exact) mass is 268 g/mol. The second-order valence-electron chi connectivity index (χ2n) is 4.45. The molecule has 0 aliphatic carbocycles. The van der Waals surface area contributed by atoms with Crippen molar-refractivity contribution in [3.63, 3.8) is 0 Å². The third kappa shape index (κ3) is 4.31. The molecule has 2 rings (SSSR count). The predicted molar refractivity (Wildman–Crippen MR) is 70.2 cm³/mol. The topological polar surface area (TPSA) is 35.5 Å². The van der Waals surface area contributed by atoms with Crippen molar-refractivity contribution in [3.05, 3.63) is 29.3 Å². The van der Waals surface area contributed by atoms with Crippen LogP contribution in [0.1, 0.15) is 25.7 Å². The second-order valence-corrected chi connectivity index (χ2v) is 4.89. The number of ketones is 1. The van der Waals surface area contributed by atoms with E-state index in [1.54, 1.807) is 24.3 Å². The summed E-state index contributed by atoms with van der Waals surface area (Å²) in [6.45, 7) is 0.953. The fraction of sp³-hybridized carbons (Fsp3) is 0.500.